The van der Waals surface area contributed by atoms with Crippen LogP contribution in [-0.4, -0.2) is 72.4 Å². The third-order valence-electron chi connectivity index (χ3n) is 10.2. The maximum Gasteiger partial charge on any atom is 0.308 e. The number of hydrogen-bond acceptors (Lipinski definition) is 10. The van der Waals surface area contributed by atoms with E-state index in [2.05, 4.69) is 21.2 Å². The highest BCUT2D eigenvalue weighted by atomic mass is 16.7. The van der Waals surface area contributed by atoms with E-state index < -0.39 is 18.1 Å². The number of hydrogen-bond donors (Lipinski definition) is 2. The van der Waals surface area contributed by atoms with Gasteiger partial charge in [-0.15, -0.1) is 0 Å². The minimum absolute atomic E-state index is 0.00941. The molecule has 0 aliphatic carbocycles. The molecule has 4 aliphatic rings. The molecule has 0 aromatic heterocycles. The fourth-order valence-electron chi connectivity index (χ4n) is 8.30. The molecule has 0 spiro atoms. The number of phenols is 1. The number of aryl methyl sites for hydroxylation is 1. The molecule has 0 unspecified atom stereocenters. The van der Waals surface area contributed by atoms with Crippen LogP contribution in [-0.2, 0) is 22.4 Å². The van der Waals surface area contributed by atoms with Crippen molar-refractivity contribution in [2.75, 3.05) is 27.5 Å². The van der Waals surface area contributed by atoms with Gasteiger partial charge in [-0.2, -0.15) is 5.26 Å². The van der Waals surface area contributed by atoms with Gasteiger partial charge < -0.3 is 29.4 Å². The second-order valence-electron chi connectivity index (χ2n) is 12.8. The zero-order valence-corrected chi connectivity index (χ0v) is 27.6. The van der Waals surface area contributed by atoms with Gasteiger partial charge >= 0.3 is 5.97 Å². The second kappa shape index (κ2) is 12.2. The number of fused-ring (bicyclic) bond motifs is 9. The lowest BCUT2D eigenvalue weighted by atomic mass is 9.71. The number of amides is 1. The number of rotatable bonds is 6. The van der Waals surface area contributed by atoms with Crippen molar-refractivity contribution < 1.29 is 33.6 Å². The number of carbonyl (C=O) groups excluding carboxylic acids is 2. The summed E-state index contributed by atoms with van der Waals surface area (Å²) < 4.78 is 23.5. The van der Waals surface area contributed by atoms with E-state index >= 15 is 0 Å². The fraction of sp³-hybridized carbons (Fsp3) is 0.378. The number of nitrogens with one attached hydrogen (secondary N) is 1. The molecule has 7 rings (SSSR count). The van der Waals surface area contributed by atoms with Crippen molar-refractivity contribution >= 4 is 18.0 Å². The molecule has 0 radical (unpaired) electrons. The number of likely N-dealkylation sites (N-methyl/N-ethyl adjacent to an activating group) is 1. The van der Waals surface area contributed by atoms with E-state index in [-0.39, 0.29) is 43.1 Å². The van der Waals surface area contributed by atoms with E-state index in [1.807, 2.05) is 57.3 Å². The molecule has 1 fully saturated rings. The van der Waals surface area contributed by atoms with Crippen LogP contribution in [0.1, 0.15) is 58.0 Å². The van der Waals surface area contributed by atoms with Crippen LogP contribution < -0.4 is 24.3 Å². The Morgan fingerprint density at radius 2 is 1.85 bits per heavy atom. The number of nitriles is 1. The molecule has 248 valence electrons. The number of esters is 1. The summed E-state index contributed by atoms with van der Waals surface area (Å²) in [5, 5.41) is 25.6. The lowest BCUT2D eigenvalue weighted by molar-refractivity contribution is -0.132. The van der Waals surface area contributed by atoms with Crippen molar-refractivity contribution in [3.63, 3.8) is 0 Å². The SMILES string of the molecule is COc1c(C)cc2c(c1O)[C@@H]1[C@@H]3Cc4c(OC(C)=O)c(C)c5c(c4[C@H](CNC(=O)/C=C/c4ccccc4)N3[C@@H](C#N)[C@H](C2)N1C)OCO5. The molecule has 1 saturated heterocycles. The molecule has 0 saturated carbocycles. The first-order valence-corrected chi connectivity index (χ1v) is 16.1. The molecule has 3 aromatic rings. The largest absolute Gasteiger partial charge is 0.504 e. The number of methoxy groups -OCH3 is 1. The standard InChI is InChI=1S/C37H38N4O7/c1-19-13-23-14-25-27(16-38)41-26(32(40(25)4)30(23)33(44)34(19)45-5)15-24-31(37-36(46-18-47-37)20(2)35(24)48-21(3)42)28(41)17-39-29(43)12-11-22-9-7-6-8-10-22/h6-13,25-28,32,44H,14-15,17-18H2,1-5H3,(H,39,43)/b12-11+/t25-,26-,27-,28-,32-/m0/s1. The monoisotopic (exact) mass is 650 g/mol. The summed E-state index contributed by atoms with van der Waals surface area (Å²) in [5.74, 6) is 1.12. The van der Waals surface area contributed by atoms with Crippen LogP contribution in [0.15, 0.2) is 42.5 Å². The quantitative estimate of drug-likeness (QED) is 0.226. The Kier molecular flexibility index (Phi) is 8.01. The van der Waals surface area contributed by atoms with Gasteiger partial charge in [-0.05, 0) is 56.5 Å². The summed E-state index contributed by atoms with van der Waals surface area (Å²) in [5.41, 5.74) is 5.56. The predicted octanol–water partition coefficient (Wildman–Crippen LogP) is 4.27. The van der Waals surface area contributed by atoms with Gasteiger partial charge in [0.15, 0.2) is 23.0 Å². The van der Waals surface area contributed by atoms with Crippen LogP contribution in [0, 0.1) is 25.2 Å². The Morgan fingerprint density at radius 3 is 2.56 bits per heavy atom. The number of benzene rings is 3. The Morgan fingerprint density at radius 1 is 1.10 bits per heavy atom. The highest BCUT2D eigenvalue weighted by Crippen LogP contribution is 2.58. The van der Waals surface area contributed by atoms with E-state index in [0.29, 0.717) is 41.4 Å². The molecule has 48 heavy (non-hydrogen) atoms. The molecule has 11 heteroatoms. The molecule has 3 aromatic carbocycles. The van der Waals surface area contributed by atoms with Crippen LogP contribution >= 0.6 is 0 Å². The number of phenolic OH excluding ortho intramolecular Hbond substituents is 1. The van der Waals surface area contributed by atoms with Gasteiger partial charge in [0.1, 0.15) is 11.8 Å². The summed E-state index contributed by atoms with van der Waals surface area (Å²) in [4.78, 5) is 30.1. The van der Waals surface area contributed by atoms with Gasteiger partial charge in [0.2, 0.25) is 12.7 Å². The van der Waals surface area contributed by atoms with E-state index in [1.54, 1.807) is 13.2 Å². The number of ether oxygens (including phenoxy) is 4. The number of piperazine rings is 1. The van der Waals surface area contributed by atoms with Crippen molar-refractivity contribution in [1.29, 1.82) is 5.26 Å². The molecule has 1 amide bonds. The van der Waals surface area contributed by atoms with Gasteiger partial charge in [-0.3, -0.25) is 19.4 Å². The number of carbonyl (C=O) groups is 2. The minimum atomic E-state index is -0.583. The van der Waals surface area contributed by atoms with Crippen LogP contribution in [0.25, 0.3) is 6.08 Å². The highest BCUT2D eigenvalue weighted by Gasteiger charge is 2.56. The summed E-state index contributed by atoms with van der Waals surface area (Å²) in [6.07, 6.45) is 4.15. The summed E-state index contributed by atoms with van der Waals surface area (Å²) in [6.45, 7) is 5.22. The fourth-order valence-corrected chi connectivity index (χ4v) is 8.30. The Bertz CT molecular complexity index is 1890. The normalized spacial score (nSPS) is 23.9. The van der Waals surface area contributed by atoms with Gasteiger partial charge in [0, 0.05) is 53.9 Å². The molecule has 11 nitrogen and oxygen atoms in total. The van der Waals surface area contributed by atoms with Crippen molar-refractivity contribution in [1.82, 2.24) is 15.1 Å². The zero-order chi connectivity index (χ0) is 33.9. The summed E-state index contributed by atoms with van der Waals surface area (Å²) in [7, 11) is 3.53. The first kappa shape index (κ1) is 31.5. The molecular formula is C37H38N4O7. The van der Waals surface area contributed by atoms with Crippen molar-refractivity contribution in [3.05, 3.63) is 81.4 Å². The second-order valence-corrected chi connectivity index (χ2v) is 12.8. The summed E-state index contributed by atoms with van der Waals surface area (Å²) in [6, 6.07) is 12.1. The lowest BCUT2D eigenvalue weighted by Gasteiger charge is -2.60. The Hall–Kier alpha value is -5.05. The third kappa shape index (κ3) is 4.95. The Balaban J connectivity index is 1.39. The van der Waals surface area contributed by atoms with Crippen molar-refractivity contribution in [2.24, 2.45) is 0 Å². The average molecular weight is 651 g/mol. The Labute approximate surface area is 279 Å². The summed E-state index contributed by atoms with van der Waals surface area (Å²) >= 11 is 0. The van der Waals surface area contributed by atoms with Gasteiger partial charge in [0.25, 0.3) is 0 Å². The van der Waals surface area contributed by atoms with Crippen LogP contribution in [0.3, 0.4) is 0 Å². The van der Waals surface area contributed by atoms with Gasteiger partial charge in [-0.1, -0.05) is 36.4 Å². The predicted molar refractivity (Wildman–Crippen MR) is 176 cm³/mol. The number of nitrogens with zero attached hydrogens (tertiary/aromatic N) is 3. The van der Waals surface area contributed by atoms with E-state index in [4.69, 9.17) is 18.9 Å². The third-order valence-corrected chi connectivity index (χ3v) is 10.2. The maximum absolute atomic E-state index is 13.3. The van der Waals surface area contributed by atoms with Crippen molar-refractivity contribution in [3.8, 4) is 34.8 Å². The smallest absolute Gasteiger partial charge is 0.308 e. The highest BCUT2D eigenvalue weighted by molar-refractivity contribution is 5.91. The van der Waals surface area contributed by atoms with E-state index in [9.17, 15) is 20.0 Å². The van der Waals surface area contributed by atoms with Crippen LogP contribution in [0.5, 0.6) is 28.7 Å². The van der Waals surface area contributed by atoms with E-state index in [0.717, 1.165) is 33.4 Å². The molecule has 5 atom stereocenters. The van der Waals surface area contributed by atoms with E-state index in [1.165, 1.54) is 13.0 Å². The lowest BCUT2D eigenvalue weighted by Crippen LogP contribution is -2.68. The maximum atomic E-state index is 13.3. The number of aromatic hydroxyl groups is 1. The molecule has 2 bridgehead atoms. The van der Waals surface area contributed by atoms with Crippen LogP contribution in [0.2, 0.25) is 0 Å². The molecule has 4 aliphatic heterocycles. The molecule has 4 heterocycles. The van der Waals surface area contributed by atoms with Gasteiger partial charge in [-0.25, -0.2) is 0 Å². The first-order valence-electron chi connectivity index (χ1n) is 16.1. The zero-order valence-electron chi connectivity index (χ0n) is 27.6. The first-order chi connectivity index (χ1) is 23.1. The topological polar surface area (TPSA) is 134 Å². The van der Waals surface area contributed by atoms with Crippen molar-refractivity contribution in [2.45, 2.75) is 63.8 Å². The average Bonchev–Trinajstić information content (AvgIpc) is 3.56. The molecular weight excluding hydrogens is 612 g/mol. The van der Waals surface area contributed by atoms with Gasteiger partial charge in [0.05, 0.1) is 25.3 Å². The molecule has 2 N–H and O–H groups in total. The minimum Gasteiger partial charge on any atom is -0.504 e. The van der Waals surface area contributed by atoms with Crippen LogP contribution in [0.4, 0.5) is 0 Å².